The van der Waals surface area contributed by atoms with Crippen LogP contribution < -0.4 is 19.9 Å². The highest BCUT2D eigenvalue weighted by Gasteiger charge is 2.15. The number of benzene rings is 2. The lowest BCUT2D eigenvalue weighted by atomic mass is 10.1. The molecule has 2 aromatic rings. The average Bonchev–Trinajstić information content (AvgIpc) is 2.66. The fourth-order valence-electron chi connectivity index (χ4n) is 2.25. The van der Waals surface area contributed by atoms with Crippen molar-refractivity contribution >= 4 is 26.0 Å². The zero-order chi connectivity index (χ0) is 20.8. The summed E-state index contributed by atoms with van der Waals surface area (Å²) in [5.74, 6) is 0.0343. The Morgan fingerprint density at radius 1 is 0.964 bits per heavy atom. The van der Waals surface area contributed by atoms with Gasteiger partial charge in [0.1, 0.15) is 5.75 Å². The average molecular weight is 428 g/mol. The van der Waals surface area contributed by atoms with E-state index in [1.54, 1.807) is 12.1 Å². The van der Waals surface area contributed by atoms with E-state index in [4.69, 9.17) is 9.88 Å². The van der Waals surface area contributed by atoms with Crippen LogP contribution in [0.5, 0.6) is 5.75 Å². The van der Waals surface area contributed by atoms with Gasteiger partial charge in [0, 0.05) is 6.54 Å². The van der Waals surface area contributed by atoms with Gasteiger partial charge in [0.25, 0.3) is 0 Å². The van der Waals surface area contributed by atoms with Crippen molar-refractivity contribution < 1.29 is 26.4 Å². The van der Waals surface area contributed by atoms with Crippen molar-refractivity contribution in [3.8, 4) is 5.75 Å². The third kappa shape index (κ3) is 6.30. The van der Waals surface area contributed by atoms with E-state index in [9.17, 15) is 21.6 Å². The first-order valence-electron chi connectivity index (χ1n) is 8.14. The molecule has 0 spiro atoms. The maximum Gasteiger partial charge on any atom is 0.241 e. The number of hydrogen-bond donors (Lipinski definition) is 3. The number of rotatable bonds is 9. The molecule has 0 aliphatic carbocycles. The molecular weight excluding hydrogens is 406 g/mol. The molecule has 0 unspecified atom stereocenters. The van der Waals surface area contributed by atoms with Crippen molar-refractivity contribution in [2.45, 2.75) is 16.2 Å². The number of ether oxygens (including phenoxy) is 1. The highest BCUT2D eigenvalue weighted by Crippen LogP contribution is 2.15. The van der Waals surface area contributed by atoms with E-state index in [1.165, 1.54) is 43.5 Å². The number of nitrogens with one attached hydrogen (secondary N) is 2. The molecule has 152 valence electrons. The Kier molecular flexibility index (Phi) is 7.13. The third-order valence-corrected chi connectivity index (χ3v) is 6.13. The first-order valence-corrected chi connectivity index (χ1v) is 11.2. The molecule has 0 heterocycles. The van der Waals surface area contributed by atoms with Crippen molar-refractivity contribution in [2.75, 3.05) is 20.2 Å². The van der Waals surface area contributed by atoms with Crippen LogP contribution in [0.1, 0.15) is 5.56 Å². The molecule has 0 aliphatic heterocycles. The molecule has 0 aliphatic rings. The fraction of sp³-hybridized carbons (Fsp3) is 0.235. The minimum atomic E-state index is -3.81. The van der Waals surface area contributed by atoms with Gasteiger partial charge in [0.2, 0.25) is 26.0 Å². The molecule has 1 amide bonds. The van der Waals surface area contributed by atoms with Gasteiger partial charge in [0.05, 0.1) is 23.4 Å². The van der Waals surface area contributed by atoms with Gasteiger partial charge < -0.3 is 10.1 Å². The van der Waals surface area contributed by atoms with Crippen molar-refractivity contribution in [3.63, 3.8) is 0 Å². The van der Waals surface area contributed by atoms with E-state index in [0.29, 0.717) is 12.2 Å². The minimum Gasteiger partial charge on any atom is -0.497 e. The molecule has 0 aromatic heterocycles. The summed E-state index contributed by atoms with van der Waals surface area (Å²) in [5, 5.41) is 7.61. The molecule has 9 nitrogen and oxygen atoms in total. The van der Waals surface area contributed by atoms with Gasteiger partial charge in [-0.15, -0.1) is 0 Å². The van der Waals surface area contributed by atoms with Crippen LogP contribution in [-0.2, 0) is 31.3 Å². The minimum absolute atomic E-state index is 0.00761. The highest BCUT2D eigenvalue weighted by atomic mass is 32.2. The summed E-state index contributed by atoms with van der Waals surface area (Å²) in [6, 6.07) is 11.7. The Morgan fingerprint density at radius 3 is 2.07 bits per heavy atom. The van der Waals surface area contributed by atoms with Crippen LogP contribution in [0, 0.1) is 0 Å². The molecule has 0 radical (unpaired) electrons. The monoisotopic (exact) mass is 427 g/mol. The summed E-state index contributed by atoms with van der Waals surface area (Å²) in [6.07, 6.45) is 0.446. The molecule has 0 atom stereocenters. The number of methoxy groups -OCH3 is 1. The number of amides is 1. The Hall–Kier alpha value is -2.47. The number of hydrogen-bond acceptors (Lipinski definition) is 6. The first kappa shape index (κ1) is 21.8. The van der Waals surface area contributed by atoms with Crippen molar-refractivity contribution in [1.29, 1.82) is 0 Å². The van der Waals surface area contributed by atoms with Crippen LogP contribution in [0.4, 0.5) is 0 Å². The van der Waals surface area contributed by atoms with Crippen LogP contribution in [0.3, 0.4) is 0 Å². The van der Waals surface area contributed by atoms with Crippen molar-refractivity contribution in [2.24, 2.45) is 5.14 Å². The van der Waals surface area contributed by atoms with Crippen LogP contribution in [-0.4, -0.2) is 42.9 Å². The normalized spacial score (nSPS) is 11.8. The summed E-state index contributed by atoms with van der Waals surface area (Å²) < 4.78 is 53.9. The summed E-state index contributed by atoms with van der Waals surface area (Å²) in [4.78, 5) is 11.9. The Labute approximate surface area is 164 Å². The molecule has 0 fully saturated rings. The van der Waals surface area contributed by atoms with E-state index in [0.717, 1.165) is 5.56 Å². The Morgan fingerprint density at radius 2 is 1.54 bits per heavy atom. The Bertz CT molecular complexity index is 1020. The number of primary sulfonamides is 1. The molecule has 28 heavy (non-hydrogen) atoms. The predicted molar refractivity (Wildman–Crippen MR) is 103 cm³/mol. The largest absolute Gasteiger partial charge is 0.497 e. The zero-order valence-corrected chi connectivity index (χ0v) is 16.7. The Balaban J connectivity index is 1.80. The summed E-state index contributed by atoms with van der Waals surface area (Å²) in [7, 11) is -6.08. The van der Waals surface area contributed by atoms with Gasteiger partial charge in [-0.1, -0.05) is 12.1 Å². The van der Waals surface area contributed by atoms with Crippen LogP contribution in [0.15, 0.2) is 58.3 Å². The van der Waals surface area contributed by atoms with Crippen molar-refractivity contribution in [3.05, 3.63) is 54.1 Å². The molecule has 0 saturated heterocycles. The molecule has 2 aromatic carbocycles. The van der Waals surface area contributed by atoms with E-state index in [-0.39, 0.29) is 16.3 Å². The van der Waals surface area contributed by atoms with E-state index >= 15 is 0 Å². The van der Waals surface area contributed by atoms with Gasteiger partial charge >= 0.3 is 0 Å². The van der Waals surface area contributed by atoms with Gasteiger partial charge in [-0.05, 0) is 48.4 Å². The standard InChI is InChI=1S/C17H21N3O6S2/c1-26-14-4-8-16(9-5-14)28(24,25)20-12-17(21)19-11-10-13-2-6-15(7-3-13)27(18,22)23/h2-9,20H,10-12H2,1H3,(H,19,21)(H2,18,22,23). The van der Waals surface area contributed by atoms with Crippen molar-refractivity contribution in [1.82, 2.24) is 10.0 Å². The second-order valence-corrected chi connectivity index (χ2v) is 9.12. The molecule has 2 rings (SSSR count). The lowest BCUT2D eigenvalue weighted by Crippen LogP contribution is -2.37. The topological polar surface area (TPSA) is 145 Å². The molecule has 4 N–H and O–H groups in total. The van der Waals surface area contributed by atoms with E-state index in [2.05, 4.69) is 10.0 Å². The van der Waals surface area contributed by atoms with Crippen LogP contribution in [0.2, 0.25) is 0 Å². The lowest BCUT2D eigenvalue weighted by molar-refractivity contribution is -0.119. The van der Waals surface area contributed by atoms with E-state index in [1.807, 2.05) is 0 Å². The molecule has 11 heteroatoms. The lowest BCUT2D eigenvalue weighted by Gasteiger charge is -2.09. The molecule has 0 saturated carbocycles. The maximum atomic E-state index is 12.2. The number of nitrogens with two attached hydrogens (primary N) is 1. The maximum absolute atomic E-state index is 12.2. The second-order valence-electron chi connectivity index (χ2n) is 5.79. The smallest absolute Gasteiger partial charge is 0.241 e. The summed E-state index contributed by atoms with van der Waals surface area (Å²) in [6.45, 7) is -0.142. The second kappa shape index (κ2) is 9.15. The third-order valence-electron chi connectivity index (χ3n) is 3.78. The highest BCUT2D eigenvalue weighted by molar-refractivity contribution is 7.89. The van der Waals surface area contributed by atoms with Gasteiger partial charge in [-0.2, -0.15) is 0 Å². The molecule has 0 bridgehead atoms. The van der Waals surface area contributed by atoms with E-state index < -0.39 is 32.5 Å². The van der Waals surface area contributed by atoms with Crippen LogP contribution in [0.25, 0.3) is 0 Å². The van der Waals surface area contributed by atoms with Crippen LogP contribution >= 0.6 is 0 Å². The van der Waals surface area contributed by atoms with Gasteiger partial charge in [-0.25, -0.2) is 26.7 Å². The number of sulfonamides is 2. The first-order chi connectivity index (χ1) is 13.1. The summed E-state index contributed by atoms with van der Waals surface area (Å²) >= 11 is 0. The SMILES string of the molecule is COc1ccc(S(=O)(=O)NCC(=O)NCCc2ccc(S(N)(=O)=O)cc2)cc1. The fourth-order valence-corrected chi connectivity index (χ4v) is 3.75. The van der Waals surface area contributed by atoms with Gasteiger partial charge in [-0.3, -0.25) is 4.79 Å². The summed E-state index contributed by atoms with van der Waals surface area (Å²) in [5.41, 5.74) is 0.798. The predicted octanol–water partition coefficient (Wildman–Crippen LogP) is -0.0202. The molecular formula is C17H21N3O6S2. The van der Waals surface area contributed by atoms with Gasteiger partial charge in [0.15, 0.2) is 0 Å². The number of carbonyl (C=O) groups excluding carboxylic acids is 1. The number of carbonyl (C=O) groups is 1. The quantitative estimate of drug-likeness (QED) is 0.513. The zero-order valence-electron chi connectivity index (χ0n) is 15.1.